The van der Waals surface area contributed by atoms with Gasteiger partial charge in [-0.2, -0.15) is 0 Å². The maximum Gasteiger partial charge on any atom is 0.335 e. The van der Waals surface area contributed by atoms with Gasteiger partial charge in [0.1, 0.15) is 0 Å². The summed E-state index contributed by atoms with van der Waals surface area (Å²) in [5.41, 5.74) is 0.923. The molecule has 126 valence electrons. The number of carbonyl (C=O) groups excluding carboxylic acids is 1. The minimum absolute atomic E-state index is 0.00726. The number of benzene rings is 1. The highest BCUT2D eigenvalue weighted by atomic mass is 16.5. The van der Waals surface area contributed by atoms with Crippen molar-refractivity contribution < 1.29 is 19.4 Å². The van der Waals surface area contributed by atoms with Gasteiger partial charge in [0.15, 0.2) is 0 Å². The zero-order chi connectivity index (χ0) is 17.0. The molecule has 2 atom stereocenters. The maximum absolute atomic E-state index is 12.3. The van der Waals surface area contributed by atoms with Gasteiger partial charge in [-0.25, -0.2) is 4.79 Å². The molecule has 0 radical (unpaired) electrons. The molecule has 0 spiro atoms. The van der Waals surface area contributed by atoms with E-state index in [0.717, 1.165) is 19.3 Å². The predicted molar refractivity (Wildman–Crippen MR) is 87.5 cm³/mol. The summed E-state index contributed by atoms with van der Waals surface area (Å²) < 4.78 is 5.54. The largest absolute Gasteiger partial charge is 0.478 e. The molecule has 23 heavy (non-hydrogen) atoms. The quantitative estimate of drug-likeness (QED) is 0.810. The Bertz CT molecular complexity index is 580. The minimum Gasteiger partial charge on any atom is -0.478 e. The first-order valence-corrected chi connectivity index (χ1v) is 8.11. The highest BCUT2D eigenvalue weighted by Crippen LogP contribution is 2.48. The lowest BCUT2D eigenvalue weighted by atomic mass is 9.58. The van der Waals surface area contributed by atoms with E-state index in [2.05, 4.69) is 19.2 Å². The molecule has 0 heterocycles. The van der Waals surface area contributed by atoms with Gasteiger partial charge in [-0.15, -0.1) is 0 Å². The van der Waals surface area contributed by atoms with Gasteiger partial charge in [0.05, 0.1) is 18.1 Å². The summed E-state index contributed by atoms with van der Waals surface area (Å²) in [6.45, 7) is 4.26. The number of aromatic carboxylic acids is 1. The predicted octanol–water partition coefficient (Wildman–Crippen LogP) is 2.64. The first-order valence-electron chi connectivity index (χ1n) is 8.11. The number of hydrogen-bond donors (Lipinski definition) is 2. The molecule has 1 saturated carbocycles. The van der Waals surface area contributed by atoms with E-state index in [0.29, 0.717) is 5.56 Å². The molecule has 1 aliphatic rings. The van der Waals surface area contributed by atoms with Crippen LogP contribution in [0, 0.1) is 5.41 Å². The first kappa shape index (κ1) is 17.5. The van der Waals surface area contributed by atoms with Crippen molar-refractivity contribution in [3.63, 3.8) is 0 Å². The van der Waals surface area contributed by atoms with Crippen LogP contribution in [0.2, 0.25) is 0 Å². The van der Waals surface area contributed by atoms with Crippen molar-refractivity contribution in [2.45, 2.75) is 51.7 Å². The Morgan fingerprint density at radius 3 is 2.61 bits per heavy atom. The van der Waals surface area contributed by atoms with E-state index in [1.807, 2.05) is 0 Å². The summed E-state index contributed by atoms with van der Waals surface area (Å²) in [6.07, 6.45) is 3.14. The lowest BCUT2D eigenvalue weighted by molar-refractivity contribution is -0.140. The molecule has 5 heteroatoms. The van der Waals surface area contributed by atoms with Gasteiger partial charge in [-0.3, -0.25) is 4.79 Å². The van der Waals surface area contributed by atoms with E-state index < -0.39 is 5.97 Å². The summed E-state index contributed by atoms with van der Waals surface area (Å²) in [4.78, 5) is 23.3. The van der Waals surface area contributed by atoms with Crippen LogP contribution in [-0.2, 0) is 16.0 Å². The van der Waals surface area contributed by atoms with Crippen LogP contribution in [0.5, 0.6) is 0 Å². The Morgan fingerprint density at radius 1 is 1.35 bits per heavy atom. The fourth-order valence-electron chi connectivity index (χ4n) is 3.72. The standard InChI is InChI=1S/C18H25NO4/c1-4-18(5-2)14(11-15(18)23-3)19-16(20)10-12-7-6-8-13(9-12)17(21)22/h6-9,14-15H,4-5,10-11H2,1-3H3,(H,19,20)(H,21,22). The zero-order valence-corrected chi connectivity index (χ0v) is 14.0. The SMILES string of the molecule is CCC1(CC)C(NC(=O)Cc2cccc(C(=O)O)c2)CC1OC. The van der Waals surface area contributed by atoms with E-state index in [4.69, 9.17) is 9.84 Å². The second-order valence-electron chi connectivity index (χ2n) is 6.20. The number of rotatable bonds is 7. The lowest BCUT2D eigenvalue weighted by Crippen LogP contribution is -2.64. The molecule has 0 aromatic heterocycles. The maximum atomic E-state index is 12.3. The highest BCUT2D eigenvalue weighted by molar-refractivity contribution is 5.88. The third-order valence-corrected chi connectivity index (χ3v) is 5.26. The summed E-state index contributed by atoms with van der Waals surface area (Å²) in [5, 5.41) is 12.1. The highest BCUT2D eigenvalue weighted by Gasteiger charge is 2.53. The molecule has 1 aromatic carbocycles. The van der Waals surface area contributed by atoms with Crippen LogP contribution in [-0.4, -0.2) is 36.2 Å². The third kappa shape index (κ3) is 3.39. The number of nitrogens with one attached hydrogen (secondary N) is 1. The molecule has 0 saturated heterocycles. The van der Waals surface area contributed by atoms with E-state index in [-0.39, 0.29) is 35.5 Å². The van der Waals surface area contributed by atoms with Crippen LogP contribution in [0.1, 0.15) is 49.0 Å². The van der Waals surface area contributed by atoms with Crippen molar-refractivity contribution in [3.05, 3.63) is 35.4 Å². The van der Waals surface area contributed by atoms with Gasteiger partial charge in [0.25, 0.3) is 0 Å². The van der Waals surface area contributed by atoms with Crippen LogP contribution in [0.15, 0.2) is 24.3 Å². The Labute approximate surface area is 137 Å². The smallest absolute Gasteiger partial charge is 0.335 e. The van der Waals surface area contributed by atoms with E-state index in [1.54, 1.807) is 25.3 Å². The zero-order valence-electron chi connectivity index (χ0n) is 14.0. The van der Waals surface area contributed by atoms with E-state index in [1.165, 1.54) is 6.07 Å². The molecule has 1 amide bonds. The molecule has 2 rings (SSSR count). The normalized spacial score (nSPS) is 22.2. The van der Waals surface area contributed by atoms with Crippen molar-refractivity contribution in [1.82, 2.24) is 5.32 Å². The average molecular weight is 319 g/mol. The van der Waals surface area contributed by atoms with Gasteiger partial charge in [0, 0.05) is 18.6 Å². The monoisotopic (exact) mass is 319 g/mol. The second kappa shape index (κ2) is 7.13. The topological polar surface area (TPSA) is 75.6 Å². The van der Waals surface area contributed by atoms with E-state index in [9.17, 15) is 9.59 Å². The molecule has 1 aromatic rings. The van der Waals surface area contributed by atoms with Gasteiger partial charge < -0.3 is 15.2 Å². The fourth-order valence-corrected chi connectivity index (χ4v) is 3.72. The van der Waals surface area contributed by atoms with Crippen LogP contribution in [0.4, 0.5) is 0 Å². The first-order chi connectivity index (χ1) is 11.0. The number of methoxy groups -OCH3 is 1. The number of carboxylic acid groups (broad SMARTS) is 1. The van der Waals surface area contributed by atoms with Crippen molar-refractivity contribution in [2.75, 3.05) is 7.11 Å². The Hall–Kier alpha value is -1.88. The summed E-state index contributed by atoms with van der Waals surface area (Å²) in [5.74, 6) is -1.05. The van der Waals surface area contributed by atoms with Crippen molar-refractivity contribution >= 4 is 11.9 Å². The second-order valence-corrected chi connectivity index (χ2v) is 6.20. The van der Waals surface area contributed by atoms with Crippen molar-refractivity contribution in [2.24, 2.45) is 5.41 Å². The Kier molecular flexibility index (Phi) is 5.42. The number of carboxylic acids is 1. The Morgan fingerprint density at radius 2 is 2.04 bits per heavy atom. The number of hydrogen-bond acceptors (Lipinski definition) is 3. The van der Waals surface area contributed by atoms with Crippen LogP contribution in [0.25, 0.3) is 0 Å². The lowest BCUT2D eigenvalue weighted by Gasteiger charge is -2.55. The average Bonchev–Trinajstić information content (AvgIpc) is 2.52. The molecular formula is C18H25NO4. The molecule has 1 fully saturated rings. The molecule has 0 bridgehead atoms. The molecule has 0 aliphatic heterocycles. The van der Waals surface area contributed by atoms with E-state index >= 15 is 0 Å². The summed E-state index contributed by atoms with van der Waals surface area (Å²) in [7, 11) is 1.72. The van der Waals surface area contributed by atoms with Gasteiger partial charge in [0.2, 0.25) is 5.91 Å². The Balaban J connectivity index is 2.00. The van der Waals surface area contributed by atoms with Gasteiger partial charge in [-0.1, -0.05) is 26.0 Å². The van der Waals surface area contributed by atoms with Crippen LogP contribution in [0.3, 0.4) is 0 Å². The van der Waals surface area contributed by atoms with Crippen LogP contribution >= 0.6 is 0 Å². The number of ether oxygens (including phenoxy) is 1. The number of carbonyl (C=O) groups is 2. The van der Waals surface area contributed by atoms with Gasteiger partial charge >= 0.3 is 5.97 Å². The van der Waals surface area contributed by atoms with Gasteiger partial charge in [-0.05, 0) is 37.0 Å². The minimum atomic E-state index is -0.981. The summed E-state index contributed by atoms with van der Waals surface area (Å²) in [6, 6.07) is 6.64. The van der Waals surface area contributed by atoms with Crippen LogP contribution < -0.4 is 5.32 Å². The number of amides is 1. The molecule has 2 N–H and O–H groups in total. The third-order valence-electron chi connectivity index (χ3n) is 5.26. The molecule has 2 unspecified atom stereocenters. The molecule has 1 aliphatic carbocycles. The summed E-state index contributed by atoms with van der Waals surface area (Å²) >= 11 is 0. The van der Waals surface area contributed by atoms with Crippen molar-refractivity contribution in [3.8, 4) is 0 Å². The molecular weight excluding hydrogens is 294 g/mol. The molecule has 5 nitrogen and oxygen atoms in total. The van der Waals surface area contributed by atoms with Crippen molar-refractivity contribution in [1.29, 1.82) is 0 Å². The fraction of sp³-hybridized carbons (Fsp3) is 0.556.